The standard InChI is InChI=1S/C13H18N4O2/c1-17(2)8-7-12-15-13(19-16-12)9-14-10-3-5-11(18)6-4-10/h3-6,14,18H,7-9H2,1-2H3. The molecule has 1 aromatic heterocycles. The summed E-state index contributed by atoms with van der Waals surface area (Å²) in [5.74, 6) is 1.52. The van der Waals surface area contributed by atoms with Crippen LogP contribution in [0.3, 0.4) is 0 Å². The Kier molecular flexibility index (Phi) is 4.35. The van der Waals surface area contributed by atoms with Crippen LogP contribution in [0.2, 0.25) is 0 Å². The van der Waals surface area contributed by atoms with Crippen molar-refractivity contribution in [2.45, 2.75) is 13.0 Å². The summed E-state index contributed by atoms with van der Waals surface area (Å²) in [6, 6.07) is 6.83. The predicted octanol–water partition coefficient (Wildman–Crippen LogP) is 1.49. The molecule has 0 radical (unpaired) electrons. The lowest BCUT2D eigenvalue weighted by Gasteiger charge is -2.05. The van der Waals surface area contributed by atoms with E-state index in [1.165, 1.54) is 0 Å². The van der Waals surface area contributed by atoms with E-state index in [0.717, 1.165) is 24.5 Å². The average Bonchev–Trinajstić information content (AvgIpc) is 2.84. The molecule has 6 nitrogen and oxygen atoms in total. The number of anilines is 1. The zero-order chi connectivity index (χ0) is 13.7. The molecule has 2 rings (SSSR count). The Labute approximate surface area is 112 Å². The Balaban J connectivity index is 1.84. The Morgan fingerprint density at radius 1 is 1.26 bits per heavy atom. The second-order valence-electron chi connectivity index (χ2n) is 4.56. The minimum atomic E-state index is 0.245. The number of hydrogen-bond donors (Lipinski definition) is 2. The van der Waals surface area contributed by atoms with Gasteiger partial charge in [-0.25, -0.2) is 0 Å². The van der Waals surface area contributed by atoms with Gasteiger partial charge in [-0.3, -0.25) is 0 Å². The van der Waals surface area contributed by atoms with Gasteiger partial charge < -0.3 is 19.8 Å². The molecule has 0 atom stereocenters. The fraction of sp³-hybridized carbons (Fsp3) is 0.385. The second kappa shape index (κ2) is 6.19. The molecule has 0 aliphatic heterocycles. The summed E-state index contributed by atoms with van der Waals surface area (Å²) in [6.45, 7) is 1.37. The van der Waals surface area contributed by atoms with E-state index in [1.54, 1.807) is 24.3 Å². The molecular formula is C13H18N4O2. The monoisotopic (exact) mass is 262 g/mol. The van der Waals surface area contributed by atoms with E-state index >= 15 is 0 Å². The minimum absolute atomic E-state index is 0.245. The average molecular weight is 262 g/mol. The van der Waals surface area contributed by atoms with Crippen molar-refractivity contribution in [3.05, 3.63) is 36.0 Å². The summed E-state index contributed by atoms with van der Waals surface area (Å²) in [4.78, 5) is 6.37. The van der Waals surface area contributed by atoms with Gasteiger partial charge in [0.05, 0.1) is 6.54 Å². The molecule has 1 heterocycles. The molecule has 0 bridgehead atoms. The molecule has 0 spiro atoms. The summed E-state index contributed by atoms with van der Waals surface area (Å²) >= 11 is 0. The highest BCUT2D eigenvalue weighted by Gasteiger charge is 2.06. The topological polar surface area (TPSA) is 74.4 Å². The lowest BCUT2D eigenvalue weighted by atomic mass is 10.3. The number of nitrogens with zero attached hydrogens (tertiary/aromatic N) is 3. The Hall–Kier alpha value is -2.08. The van der Waals surface area contributed by atoms with Crippen LogP contribution in [-0.2, 0) is 13.0 Å². The number of likely N-dealkylation sites (N-methyl/N-ethyl adjacent to an activating group) is 1. The molecule has 0 amide bonds. The van der Waals surface area contributed by atoms with Crippen LogP contribution in [0, 0.1) is 0 Å². The van der Waals surface area contributed by atoms with E-state index < -0.39 is 0 Å². The first-order valence-corrected chi connectivity index (χ1v) is 6.12. The zero-order valence-corrected chi connectivity index (χ0v) is 11.1. The maximum absolute atomic E-state index is 9.18. The Morgan fingerprint density at radius 2 is 2.00 bits per heavy atom. The van der Waals surface area contributed by atoms with Gasteiger partial charge in [-0.05, 0) is 38.4 Å². The van der Waals surface area contributed by atoms with Crippen LogP contribution in [0.25, 0.3) is 0 Å². The first kappa shape index (κ1) is 13.4. The molecular weight excluding hydrogens is 244 g/mol. The number of aromatic hydroxyl groups is 1. The van der Waals surface area contributed by atoms with Crippen molar-refractivity contribution >= 4 is 5.69 Å². The number of benzene rings is 1. The predicted molar refractivity (Wildman–Crippen MR) is 72.0 cm³/mol. The van der Waals surface area contributed by atoms with Crippen molar-refractivity contribution in [2.75, 3.05) is 26.0 Å². The van der Waals surface area contributed by atoms with Crippen molar-refractivity contribution in [1.29, 1.82) is 0 Å². The van der Waals surface area contributed by atoms with Gasteiger partial charge in [-0.2, -0.15) is 4.98 Å². The van der Waals surface area contributed by atoms with Gasteiger partial charge in [-0.1, -0.05) is 5.16 Å². The normalized spacial score (nSPS) is 10.9. The number of phenolic OH excluding ortho intramolecular Hbond substituents is 1. The van der Waals surface area contributed by atoms with E-state index in [2.05, 4.69) is 20.4 Å². The molecule has 0 saturated heterocycles. The molecule has 0 aliphatic carbocycles. The van der Waals surface area contributed by atoms with E-state index in [9.17, 15) is 5.11 Å². The fourth-order valence-corrected chi connectivity index (χ4v) is 1.54. The molecule has 0 unspecified atom stereocenters. The van der Waals surface area contributed by atoms with Crippen LogP contribution >= 0.6 is 0 Å². The molecule has 6 heteroatoms. The molecule has 2 N–H and O–H groups in total. The molecule has 1 aromatic carbocycles. The SMILES string of the molecule is CN(C)CCc1noc(CNc2ccc(O)cc2)n1. The van der Waals surface area contributed by atoms with E-state index in [4.69, 9.17) is 4.52 Å². The van der Waals surface area contributed by atoms with E-state index in [-0.39, 0.29) is 5.75 Å². The zero-order valence-electron chi connectivity index (χ0n) is 11.1. The number of aromatic nitrogens is 2. The molecule has 2 aromatic rings. The van der Waals surface area contributed by atoms with Crippen molar-refractivity contribution in [1.82, 2.24) is 15.0 Å². The lowest BCUT2D eigenvalue weighted by Crippen LogP contribution is -2.15. The second-order valence-corrected chi connectivity index (χ2v) is 4.56. The van der Waals surface area contributed by atoms with Crippen LogP contribution in [0.1, 0.15) is 11.7 Å². The van der Waals surface area contributed by atoms with E-state index in [0.29, 0.717) is 12.4 Å². The van der Waals surface area contributed by atoms with Gasteiger partial charge in [0.2, 0.25) is 5.89 Å². The summed E-state index contributed by atoms with van der Waals surface area (Å²) in [7, 11) is 4.01. The summed E-state index contributed by atoms with van der Waals surface area (Å²) in [5, 5.41) is 16.2. The third-order valence-electron chi connectivity index (χ3n) is 2.60. The summed E-state index contributed by atoms with van der Waals surface area (Å²) < 4.78 is 5.15. The smallest absolute Gasteiger partial charge is 0.245 e. The van der Waals surface area contributed by atoms with E-state index in [1.807, 2.05) is 14.1 Å². The first-order chi connectivity index (χ1) is 9.13. The number of hydrogen-bond acceptors (Lipinski definition) is 6. The Morgan fingerprint density at radius 3 is 2.68 bits per heavy atom. The lowest BCUT2D eigenvalue weighted by molar-refractivity contribution is 0.369. The highest BCUT2D eigenvalue weighted by Crippen LogP contribution is 2.14. The number of rotatable bonds is 6. The van der Waals surface area contributed by atoms with Crippen molar-refractivity contribution in [2.24, 2.45) is 0 Å². The maximum Gasteiger partial charge on any atom is 0.245 e. The van der Waals surface area contributed by atoms with Gasteiger partial charge in [0, 0.05) is 18.7 Å². The van der Waals surface area contributed by atoms with Gasteiger partial charge in [0.25, 0.3) is 0 Å². The van der Waals surface area contributed by atoms with Crippen LogP contribution in [0.15, 0.2) is 28.8 Å². The fourth-order valence-electron chi connectivity index (χ4n) is 1.54. The van der Waals surface area contributed by atoms with Crippen molar-refractivity contribution in [3.8, 4) is 5.75 Å². The quantitative estimate of drug-likeness (QED) is 0.768. The first-order valence-electron chi connectivity index (χ1n) is 6.12. The highest BCUT2D eigenvalue weighted by atomic mass is 16.5. The molecule has 19 heavy (non-hydrogen) atoms. The largest absolute Gasteiger partial charge is 0.508 e. The van der Waals surface area contributed by atoms with Gasteiger partial charge in [0.1, 0.15) is 5.75 Å². The van der Waals surface area contributed by atoms with Crippen LogP contribution < -0.4 is 5.32 Å². The molecule has 0 saturated carbocycles. The summed E-state index contributed by atoms with van der Waals surface area (Å²) in [6.07, 6.45) is 0.774. The van der Waals surface area contributed by atoms with Crippen LogP contribution in [-0.4, -0.2) is 40.8 Å². The summed E-state index contributed by atoms with van der Waals surface area (Å²) in [5.41, 5.74) is 0.894. The molecule has 102 valence electrons. The van der Waals surface area contributed by atoms with Crippen LogP contribution in [0.5, 0.6) is 5.75 Å². The van der Waals surface area contributed by atoms with Gasteiger partial charge in [-0.15, -0.1) is 0 Å². The molecule has 0 fully saturated rings. The maximum atomic E-state index is 9.18. The van der Waals surface area contributed by atoms with Crippen molar-refractivity contribution < 1.29 is 9.63 Å². The third kappa shape index (κ3) is 4.26. The van der Waals surface area contributed by atoms with Gasteiger partial charge >= 0.3 is 0 Å². The minimum Gasteiger partial charge on any atom is -0.508 e. The highest BCUT2D eigenvalue weighted by molar-refractivity contribution is 5.45. The Bertz CT molecular complexity index is 508. The van der Waals surface area contributed by atoms with Crippen LogP contribution in [0.4, 0.5) is 5.69 Å². The number of phenols is 1. The van der Waals surface area contributed by atoms with Gasteiger partial charge in [0.15, 0.2) is 5.82 Å². The third-order valence-corrected chi connectivity index (χ3v) is 2.60. The number of nitrogens with one attached hydrogen (secondary N) is 1. The molecule has 0 aliphatic rings. The van der Waals surface area contributed by atoms with Crippen molar-refractivity contribution in [3.63, 3.8) is 0 Å².